The van der Waals surface area contributed by atoms with E-state index in [0.717, 1.165) is 28.7 Å². The highest BCUT2D eigenvalue weighted by atomic mass is 16.5. The van der Waals surface area contributed by atoms with Crippen LogP contribution in [0.5, 0.6) is 5.75 Å². The quantitative estimate of drug-likeness (QED) is 0.670. The Morgan fingerprint density at radius 1 is 1.03 bits per heavy atom. The zero-order valence-corrected chi connectivity index (χ0v) is 19.0. The number of hydrogen-bond acceptors (Lipinski definition) is 3. The van der Waals surface area contributed by atoms with E-state index in [9.17, 15) is 9.59 Å². The molecule has 0 saturated carbocycles. The Morgan fingerprint density at radius 2 is 1.67 bits per heavy atom. The van der Waals surface area contributed by atoms with Crippen LogP contribution in [0.1, 0.15) is 49.4 Å². The molecule has 5 heteroatoms. The first-order valence-electron chi connectivity index (χ1n) is 10.6. The molecular weight excluding hydrogens is 376 g/mol. The first-order valence-corrected chi connectivity index (χ1v) is 10.6. The molecule has 0 aliphatic heterocycles. The summed E-state index contributed by atoms with van der Waals surface area (Å²) < 4.78 is 5.79. The fourth-order valence-electron chi connectivity index (χ4n) is 3.26. The van der Waals surface area contributed by atoms with Crippen LogP contribution in [0.2, 0.25) is 0 Å². The standard InChI is InChI=1S/C25H34N2O3/c1-7-20(5)26-25(29)21(6)27(15-22-11-9-8-10-19(22)4)24(28)16-30-23-13-17(2)12-18(3)14-23/h8-14,20-21H,7,15-16H2,1-6H3,(H,26,29)/t20-,21+/m0/s1. The second kappa shape index (κ2) is 10.8. The van der Waals surface area contributed by atoms with Gasteiger partial charge in [-0.3, -0.25) is 9.59 Å². The van der Waals surface area contributed by atoms with E-state index in [4.69, 9.17) is 4.74 Å². The van der Waals surface area contributed by atoms with Gasteiger partial charge in [0.1, 0.15) is 11.8 Å². The number of aryl methyl sites for hydroxylation is 3. The van der Waals surface area contributed by atoms with Gasteiger partial charge in [0.25, 0.3) is 5.91 Å². The average molecular weight is 411 g/mol. The van der Waals surface area contributed by atoms with Crippen LogP contribution in [-0.2, 0) is 16.1 Å². The van der Waals surface area contributed by atoms with Gasteiger partial charge in [-0.15, -0.1) is 0 Å². The SMILES string of the molecule is CC[C@H](C)NC(=O)[C@@H](C)N(Cc1ccccc1C)C(=O)COc1cc(C)cc(C)c1. The number of rotatable bonds is 9. The number of amides is 2. The van der Waals surface area contributed by atoms with Crippen LogP contribution >= 0.6 is 0 Å². The van der Waals surface area contributed by atoms with Crippen LogP contribution in [0.15, 0.2) is 42.5 Å². The second-order valence-corrected chi connectivity index (χ2v) is 8.05. The van der Waals surface area contributed by atoms with Crippen molar-refractivity contribution in [2.75, 3.05) is 6.61 Å². The molecule has 0 aromatic heterocycles. The summed E-state index contributed by atoms with van der Waals surface area (Å²) in [5.74, 6) is 0.287. The zero-order chi connectivity index (χ0) is 22.3. The molecule has 30 heavy (non-hydrogen) atoms. The summed E-state index contributed by atoms with van der Waals surface area (Å²) in [4.78, 5) is 27.5. The summed E-state index contributed by atoms with van der Waals surface area (Å²) in [5.41, 5.74) is 4.26. The number of nitrogens with one attached hydrogen (secondary N) is 1. The van der Waals surface area contributed by atoms with Gasteiger partial charge in [-0.25, -0.2) is 0 Å². The van der Waals surface area contributed by atoms with E-state index >= 15 is 0 Å². The minimum Gasteiger partial charge on any atom is -0.484 e. The van der Waals surface area contributed by atoms with Crippen LogP contribution in [0.3, 0.4) is 0 Å². The van der Waals surface area contributed by atoms with Gasteiger partial charge in [0.2, 0.25) is 5.91 Å². The van der Waals surface area contributed by atoms with Crippen LogP contribution < -0.4 is 10.1 Å². The minimum atomic E-state index is -0.603. The van der Waals surface area contributed by atoms with Crippen molar-refractivity contribution in [3.63, 3.8) is 0 Å². The maximum Gasteiger partial charge on any atom is 0.261 e. The molecule has 0 radical (unpaired) electrons. The molecule has 2 rings (SSSR count). The predicted molar refractivity (Wildman–Crippen MR) is 120 cm³/mol. The number of carbonyl (C=O) groups is 2. The van der Waals surface area contributed by atoms with Crippen molar-refractivity contribution in [3.8, 4) is 5.75 Å². The normalized spacial score (nSPS) is 12.7. The molecule has 2 amide bonds. The number of hydrogen-bond donors (Lipinski definition) is 1. The van der Waals surface area contributed by atoms with Gasteiger partial charge in [-0.05, 0) is 75.4 Å². The Kier molecular flexibility index (Phi) is 8.46. The summed E-state index contributed by atoms with van der Waals surface area (Å²) >= 11 is 0. The van der Waals surface area contributed by atoms with Crippen molar-refractivity contribution in [2.24, 2.45) is 0 Å². The Hall–Kier alpha value is -2.82. The summed E-state index contributed by atoms with van der Waals surface area (Å²) in [5, 5.41) is 2.98. The lowest BCUT2D eigenvalue weighted by molar-refractivity contribution is -0.142. The topological polar surface area (TPSA) is 58.6 Å². The Morgan fingerprint density at radius 3 is 2.27 bits per heavy atom. The zero-order valence-electron chi connectivity index (χ0n) is 19.0. The maximum absolute atomic E-state index is 13.1. The third-order valence-corrected chi connectivity index (χ3v) is 5.33. The van der Waals surface area contributed by atoms with Gasteiger partial charge in [-0.2, -0.15) is 0 Å². The molecule has 5 nitrogen and oxygen atoms in total. The molecule has 0 unspecified atom stereocenters. The van der Waals surface area contributed by atoms with Crippen molar-refractivity contribution >= 4 is 11.8 Å². The molecule has 2 aromatic carbocycles. The summed E-state index contributed by atoms with van der Waals surface area (Å²) in [7, 11) is 0. The predicted octanol–water partition coefficient (Wildman–Crippen LogP) is 4.32. The van der Waals surface area contributed by atoms with Gasteiger partial charge in [0, 0.05) is 12.6 Å². The van der Waals surface area contributed by atoms with Crippen LogP contribution in [0.4, 0.5) is 0 Å². The van der Waals surface area contributed by atoms with Crippen LogP contribution in [-0.4, -0.2) is 35.4 Å². The fourth-order valence-corrected chi connectivity index (χ4v) is 3.26. The van der Waals surface area contributed by atoms with Crippen molar-refractivity contribution in [3.05, 3.63) is 64.7 Å². The summed E-state index contributed by atoms with van der Waals surface area (Å²) in [6.07, 6.45) is 0.833. The third kappa shape index (κ3) is 6.61. The van der Waals surface area contributed by atoms with E-state index in [2.05, 4.69) is 11.4 Å². The highest BCUT2D eigenvalue weighted by molar-refractivity contribution is 5.88. The van der Waals surface area contributed by atoms with Gasteiger partial charge >= 0.3 is 0 Å². The van der Waals surface area contributed by atoms with Crippen LogP contribution in [0, 0.1) is 20.8 Å². The lowest BCUT2D eigenvalue weighted by Gasteiger charge is -2.30. The highest BCUT2D eigenvalue weighted by Gasteiger charge is 2.27. The molecule has 0 aliphatic rings. The molecule has 2 atom stereocenters. The lowest BCUT2D eigenvalue weighted by Crippen LogP contribution is -2.50. The molecule has 0 saturated heterocycles. The number of ether oxygens (including phenoxy) is 1. The van der Waals surface area contributed by atoms with Gasteiger partial charge in [0.05, 0.1) is 0 Å². The van der Waals surface area contributed by atoms with Crippen LogP contribution in [0.25, 0.3) is 0 Å². The van der Waals surface area contributed by atoms with Crippen molar-refractivity contribution < 1.29 is 14.3 Å². The molecule has 162 valence electrons. The number of nitrogens with zero attached hydrogens (tertiary/aromatic N) is 1. The molecule has 1 N–H and O–H groups in total. The fraction of sp³-hybridized carbons (Fsp3) is 0.440. The molecule has 0 fully saturated rings. The van der Waals surface area contributed by atoms with Gasteiger partial charge in [-0.1, -0.05) is 37.3 Å². The minimum absolute atomic E-state index is 0.0573. The molecule has 0 spiro atoms. The van der Waals surface area contributed by atoms with Crippen molar-refractivity contribution in [2.45, 2.75) is 66.6 Å². The Bertz CT molecular complexity index is 858. The smallest absolute Gasteiger partial charge is 0.261 e. The van der Waals surface area contributed by atoms with E-state index in [1.54, 1.807) is 11.8 Å². The number of benzene rings is 2. The first-order chi connectivity index (χ1) is 14.2. The molecule has 0 aliphatic carbocycles. The van der Waals surface area contributed by atoms with Gasteiger partial charge < -0.3 is 15.0 Å². The summed E-state index contributed by atoms with van der Waals surface area (Å²) in [6, 6.07) is 13.2. The van der Waals surface area contributed by atoms with E-state index in [0.29, 0.717) is 12.3 Å². The van der Waals surface area contributed by atoms with Gasteiger partial charge in [0.15, 0.2) is 6.61 Å². The largest absolute Gasteiger partial charge is 0.484 e. The van der Waals surface area contributed by atoms with E-state index < -0.39 is 6.04 Å². The Labute approximate surface area is 180 Å². The van der Waals surface area contributed by atoms with E-state index in [1.165, 1.54) is 0 Å². The maximum atomic E-state index is 13.1. The molecule has 2 aromatic rings. The lowest BCUT2D eigenvalue weighted by atomic mass is 10.1. The van der Waals surface area contributed by atoms with E-state index in [1.807, 2.05) is 71.0 Å². The molecule has 0 bridgehead atoms. The van der Waals surface area contributed by atoms with Crippen molar-refractivity contribution in [1.82, 2.24) is 10.2 Å². The first kappa shape index (κ1) is 23.5. The molecule has 0 heterocycles. The molecular formula is C25H34N2O3. The average Bonchev–Trinajstić information content (AvgIpc) is 2.70. The summed E-state index contributed by atoms with van der Waals surface area (Å²) in [6.45, 7) is 12.0. The third-order valence-electron chi connectivity index (χ3n) is 5.33. The van der Waals surface area contributed by atoms with Crippen molar-refractivity contribution in [1.29, 1.82) is 0 Å². The monoisotopic (exact) mass is 410 g/mol. The highest BCUT2D eigenvalue weighted by Crippen LogP contribution is 2.18. The number of carbonyl (C=O) groups excluding carboxylic acids is 2. The second-order valence-electron chi connectivity index (χ2n) is 8.05. The Balaban J connectivity index is 2.19. The van der Waals surface area contributed by atoms with E-state index in [-0.39, 0.29) is 24.5 Å².